The maximum absolute atomic E-state index is 12.4. The molecule has 5 heteroatoms. The molecule has 0 spiro atoms. The van der Waals surface area contributed by atoms with E-state index in [1.165, 1.54) is 0 Å². The summed E-state index contributed by atoms with van der Waals surface area (Å²) < 4.78 is 0. The molecule has 0 radical (unpaired) electrons. The first-order valence-corrected chi connectivity index (χ1v) is 8.76. The van der Waals surface area contributed by atoms with Crippen molar-refractivity contribution < 1.29 is 4.79 Å². The van der Waals surface area contributed by atoms with E-state index in [2.05, 4.69) is 41.0 Å². The van der Waals surface area contributed by atoms with Crippen LogP contribution in [0.4, 0.5) is 5.69 Å². The van der Waals surface area contributed by atoms with Crippen molar-refractivity contribution in [2.45, 2.75) is 19.4 Å². The molecule has 1 heterocycles. The number of rotatable bonds is 8. The lowest BCUT2D eigenvalue weighted by Gasteiger charge is -2.36. The molecule has 1 aliphatic rings. The van der Waals surface area contributed by atoms with Gasteiger partial charge in [0.25, 0.3) is 5.91 Å². The normalized spacial score (nSPS) is 17.2. The molecule has 0 unspecified atom stereocenters. The summed E-state index contributed by atoms with van der Waals surface area (Å²) in [4.78, 5) is 17.3. The third-order valence-electron chi connectivity index (χ3n) is 4.62. The van der Waals surface area contributed by atoms with Crippen molar-refractivity contribution in [1.82, 2.24) is 15.1 Å². The summed E-state index contributed by atoms with van der Waals surface area (Å²) in [5, 5.41) is 6.26. The molecular formula is C19H30N4O. The average molecular weight is 330 g/mol. The van der Waals surface area contributed by atoms with E-state index in [0.29, 0.717) is 24.7 Å². The molecule has 1 aromatic carbocycles. The van der Waals surface area contributed by atoms with Crippen molar-refractivity contribution in [3.63, 3.8) is 0 Å². The van der Waals surface area contributed by atoms with Crippen LogP contribution in [0.3, 0.4) is 0 Å². The van der Waals surface area contributed by atoms with Crippen LogP contribution in [0.25, 0.3) is 0 Å². The number of hydrogen-bond donors (Lipinski definition) is 2. The Kier molecular flexibility index (Phi) is 7.28. The maximum Gasteiger partial charge on any atom is 0.253 e. The average Bonchev–Trinajstić information content (AvgIpc) is 2.60. The molecule has 1 fully saturated rings. The van der Waals surface area contributed by atoms with Crippen molar-refractivity contribution >= 4 is 11.6 Å². The van der Waals surface area contributed by atoms with Gasteiger partial charge in [-0.25, -0.2) is 0 Å². The second-order valence-electron chi connectivity index (χ2n) is 6.45. The van der Waals surface area contributed by atoms with Gasteiger partial charge in [-0.1, -0.05) is 18.2 Å². The molecule has 1 amide bonds. The second kappa shape index (κ2) is 9.45. The van der Waals surface area contributed by atoms with Crippen LogP contribution in [0.5, 0.6) is 0 Å². The lowest BCUT2D eigenvalue weighted by Crippen LogP contribution is -2.48. The van der Waals surface area contributed by atoms with Gasteiger partial charge in [-0.3, -0.25) is 9.69 Å². The Labute approximate surface area is 145 Å². The van der Waals surface area contributed by atoms with Gasteiger partial charge < -0.3 is 15.5 Å². The van der Waals surface area contributed by atoms with Crippen LogP contribution in [0.1, 0.15) is 23.7 Å². The number of benzene rings is 1. The molecule has 1 aromatic rings. The molecule has 1 saturated heterocycles. The minimum absolute atomic E-state index is 0.0206. The number of carbonyl (C=O) groups excluding carboxylic acids is 1. The van der Waals surface area contributed by atoms with E-state index in [-0.39, 0.29) is 5.91 Å². The van der Waals surface area contributed by atoms with Crippen molar-refractivity contribution in [3.05, 3.63) is 42.5 Å². The zero-order chi connectivity index (χ0) is 17.4. The summed E-state index contributed by atoms with van der Waals surface area (Å²) in [6, 6.07) is 8.09. The molecule has 0 bridgehead atoms. The number of anilines is 1. The topological polar surface area (TPSA) is 47.6 Å². The van der Waals surface area contributed by atoms with E-state index in [1.807, 2.05) is 24.3 Å². The standard InChI is InChI=1S/C19H30N4O/c1-4-10-20-18-8-6-5-7-17(18)19(24)21-11-9-16(2)23-14-12-22(3)13-15-23/h4-8,16,20H,1,9-15H2,2-3H3,(H,21,24)/t16-/m0/s1. The molecule has 1 aliphatic heterocycles. The maximum atomic E-state index is 12.4. The zero-order valence-electron chi connectivity index (χ0n) is 14.9. The van der Waals surface area contributed by atoms with Crippen molar-refractivity contribution in [1.29, 1.82) is 0 Å². The summed E-state index contributed by atoms with van der Waals surface area (Å²) in [6.45, 7) is 11.8. The smallest absolute Gasteiger partial charge is 0.253 e. The summed E-state index contributed by atoms with van der Waals surface area (Å²) in [5.41, 5.74) is 1.54. The third kappa shape index (κ3) is 5.35. The molecule has 0 aliphatic carbocycles. The highest BCUT2D eigenvalue weighted by Gasteiger charge is 2.19. The number of piperazine rings is 1. The summed E-state index contributed by atoms with van der Waals surface area (Å²) in [7, 11) is 2.17. The predicted molar refractivity (Wildman–Crippen MR) is 101 cm³/mol. The molecule has 2 N–H and O–H groups in total. The number of para-hydroxylation sites is 1. The Bertz CT molecular complexity index is 538. The molecule has 0 aromatic heterocycles. The van der Waals surface area contributed by atoms with Crippen LogP contribution in [0.2, 0.25) is 0 Å². The number of hydrogen-bond acceptors (Lipinski definition) is 4. The number of carbonyl (C=O) groups is 1. The fourth-order valence-electron chi connectivity index (χ4n) is 2.95. The number of amides is 1. The van der Waals surface area contributed by atoms with Crippen molar-refractivity contribution in [2.24, 2.45) is 0 Å². The number of nitrogens with one attached hydrogen (secondary N) is 2. The van der Waals surface area contributed by atoms with Gasteiger partial charge in [0.15, 0.2) is 0 Å². The van der Waals surface area contributed by atoms with Crippen LogP contribution in [-0.2, 0) is 0 Å². The lowest BCUT2D eigenvalue weighted by atomic mass is 10.1. The van der Waals surface area contributed by atoms with E-state index in [1.54, 1.807) is 6.08 Å². The molecule has 5 nitrogen and oxygen atoms in total. The Morgan fingerprint density at radius 1 is 1.29 bits per heavy atom. The highest BCUT2D eigenvalue weighted by atomic mass is 16.1. The van der Waals surface area contributed by atoms with Gasteiger partial charge in [0.1, 0.15) is 0 Å². The van der Waals surface area contributed by atoms with E-state index in [0.717, 1.165) is 38.3 Å². The van der Waals surface area contributed by atoms with E-state index < -0.39 is 0 Å². The number of nitrogens with zero attached hydrogens (tertiary/aromatic N) is 2. The first-order valence-electron chi connectivity index (χ1n) is 8.76. The van der Waals surface area contributed by atoms with Gasteiger partial charge in [-0.05, 0) is 32.5 Å². The fraction of sp³-hybridized carbons (Fsp3) is 0.526. The van der Waals surface area contributed by atoms with Crippen LogP contribution < -0.4 is 10.6 Å². The highest BCUT2D eigenvalue weighted by Crippen LogP contribution is 2.15. The van der Waals surface area contributed by atoms with Gasteiger partial charge in [-0.2, -0.15) is 0 Å². The molecule has 24 heavy (non-hydrogen) atoms. The summed E-state index contributed by atoms with van der Waals surface area (Å²) in [6.07, 6.45) is 2.75. The first kappa shape index (κ1) is 18.5. The van der Waals surface area contributed by atoms with Gasteiger partial charge in [0.05, 0.1) is 5.56 Å². The molecule has 0 saturated carbocycles. The minimum Gasteiger partial charge on any atom is -0.381 e. The van der Waals surface area contributed by atoms with Crippen molar-refractivity contribution in [2.75, 3.05) is 51.6 Å². The van der Waals surface area contributed by atoms with E-state index in [9.17, 15) is 4.79 Å². The zero-order valence-corrected chi connectivity index (χ0v) is 14.9. The second-order valence-corrected chi connectivity index (χ2v) is 6.45. The monoisotopic (exact) mass is 330 g/mol. The Morgan fingerprint density at radius 2 is 2.00 bits per heavy atom. The largest absolute Gasteiger partial charge is 0.381 e. The van der Waals surface area contributed by atoms with Crippen LogP contribution in [0.15, 0.2) is 36.9 Å². The fourth-order valence-corrected chi connectivity index (χ4v) is 2.95. The summed E-state index contributed by atoms with van der Waals surface area (Å²) in [5.74, 6) is -0.0206. The molecule has 2 rings (SSSR count). The third-order valence-corrected chi connectivity index (χ3v) is 4.62. The van der Waals surface area contributed by atoms with Gasteiger partial charge in [-0.15, -0.1) is 6.58 Å². The van der Waals surface area contributed by atoms with E-state index >= 15 is 0 Å². The van der Waals surface area contributed by atoms with Gasteiger partial charge in [0.2, 0.25) is 0 Å². The number of likely N-dealkylation sites (N-methyl/N-ethyl adjacent to an activating group) is 1. The molecular weight excluding hydrogens is 300 g/mol. The Hall–Kier alpha value is -1.85. The summed E-state index contributed by atoms with van der Waals surface area (Å²) >= 11 is 0. The first-order chi connectivity index (χ1) is 11.6. The minimum atomic E-state index is -0.0206. The van der Waals surface area contributed by atoms with Gasteiger partial charge in [0, 0.05) is 51.0 Å². The molecule has 132 valence electrons. The predicted octanol–water partition coefficient (Wildman–Crippen LogP) is 2.04. The SMILES string of the molecule is C=CCNc1ccccc1C(=O)NCC[C@H](C)N1CCN(C)CC1. The Morgan fingerprint density at radius 3 is 2.71 bits per heavy atom. The van der Waals surface area contributed by atoms with Gasteiger partial charge >= 0.3 is 0 Å². The van der Waals surface area contributed by atoms with Crippen molar-refractivity contribution in [3.8, 4) is 0 Å². The Balaban J connectivity index is 1.79. The highest BCUT2D eigenvalue weighted by molar-refractivity contribution is 5.99. The van der Waals surface area contributed by atoms with Crippen LogP contribution in [-0.4, -0.2) is 68.1 Å². The lowest BCUT2D eigenvalue weighted by molar-refractivity contribution is 0.0935. The molecule has 1 atom stereocenters. The quantitative estimate of drug-likeness (QED) is 0.716. The van der Waals surface area contributed by atoms with Crippen LogP contribution >= 0.6 is 0 Å². The van der Waals surface area contributed by atoms with Crippen LogP contribution in [0, 0.1) is 0 Å². The van der Waals surface area contributed by atoms with E-state index in [4.69, 9.17) is 0 Å².